The quantitative estimate of drug-likeness (QED) is 0.106. The molecule has 2 saturated carbocycles. The van der Waals surface area contributed by atoms with Crippen LogP contribution < -0.4 is 9.80 Å². The summed E-state index contributed by atoms with van der Waals surface area (Å²) in [6, 6.07) is 13.6. The molecule has 2 aromatic carbocycles. The zero-order valence-corrected chi connectivity index (χ0v) is 46.2. The van der Waals surface area contributed by atoms with Gasteiger partial charge >= 0.3 is 24.5 Å². The highest BCUT2D eigenvalue weighted by Gasteiger charge is 2.44. The summed E-state index contributed by atoms with van der Waals surface area (Å²) in [5.74, 6) is 1.68. The van der Waals surface area contributed by atoms with Gasteiger partial charge in [-0.1, -0.05) is 61.8 Å². The van der Waals surface area contributed by atoms with Gasteiger partial charge in [0.05, 0.1) is 47.7 Å². The molecule has 3 aromatic heterocycles. The summed E-state index contributed by atoms with van der Waals surface area (Å²) in [5.41, 5.74) is 4.60. The lowest BCUT2D eigenvalue weighted by Crippen LogP contribution is -2.39. The van der Waals surface area contributed by atoms with E-state index in [1.54, 1.807) is 42.0 Å². The van der Waals surface area contributed by atoms with E-state index in [-0.39, 0.29) is 13.1 Å². The fourth-order valence-corrected chi connectivity index (χ4v) is 12.0. The van der Waals surface area contributed by atoms with Gasteiger partial charge in [-0.05, 0) is 144 Å². The molecule has 2 amide bonds. The topological polar surface area (TPSA) is 109 Å². The highest BCUT2D eigenvalue weighted by atomic mass is 79.9. The number of carbonyl (C=O) groups excluding carboxylic acids is 2. The number of aromatic nitrogens is 4. The maximum absolute atomic E-state index is 13.6. The molecule has 410 valence electrons. The number of anilines is 2. The van der Waals surface area contributed by atoms with E-state index in [2.05, 4.69) is 50.7 Å². The zero-order valence-electron chi connectivity index (χ0n) is 44.6. The van der Waals surface area contributed by atoms with Gasteiger partial charge in [-0.15, -0.1) is 0 Å². The lowest BCUT2D eigenvalue weighted by atomic mass is 9.93. The first-order valence-corrected chi connectivity index (χ1v) is 27.3. The minimum absolute atomic E-state index is 0.227. The van der Waals surface area contributed by atoms with Crippen LogP contribution in [0.25, 0.3) is 11.3 Å². The highest BCUT2D eigenvalue weighted by Crippen LogP contribution is 2.42. The first kappa shape index (κ1) is 56.4. The van der Waals surface area contributed by atoms with Crippen LogP contribution in [-0.4, -0.2) is 79.0 Å². The van der Waals surface area contributed by atoms with E-state index in [9.17, 15) is 35.9 Å². The van der Waals surface area contributed by atoms with E-state index >= 15 is 0 Å². The van der Waals surface area contributed by atoms with Crippen molar-refractivity contribution in [3.63, 3.8) is 0 Å². The molecule has 0 spiro atoms. The number of carbonyl (C=O) groups is 2. The number of nitrogens with zero attached hydrogens (tertiary/aromatic N) is 8. The standard InChI is InChI=1S/C31H38F3N5O2.C26H31BrF3N3O2/c1-6-38(26-10-8-7-9-11-26)29-24(15-23(17-35-29)27-14-20(3)36-37(27)5)18-39-21(4)28(41-30(39)40)22-12-19(2)13-25(16-22)31(32,33)34;1-4-32(22-8-6-5-7-9-22)24-19(13-21(27)14-31-24)15-33-17(3)23(35-25(33)34)18-10-16(2)11-20(12-18)26(28,29)30/h12-17,21,26,28H,6-11,18H2,1-5H3;10-14,17,22-23H,4-9,15H2,1-3H3/t21-,28-;17-,23-/m00/s1. The summed E-state index contributed by atoms with van der Waals surface area (Å²) in [5, 5.41) is 4.48. The Morgan fingerprint density at radius 3 is 1.46 bits per heavy atom. The van der Waals surface area contributed by atoms with Crippen molar-refractivity contribution in [2.75, 3.05) is 22.9 Å². The number of amides is 2. The van der Waals surface area contributed by atoms with Crippen molar-refractivity contribution in [2.45, 2.75) is 174 Å². The van der Waals surface area contributed by atoms with Crippen LogP contribution >= 0.6 is 15.9 Å². The number of hydrogen-bond acceptors (Lipinski definition) is 9. The van der Waals surface area contributed by atoms with Gasteiger partial charge in [0.2, 0.25) is 0 Å². The van der Waals surface area contributed by atoms with Gasteiger partial charge in [0.25, 0.3) is 0 Å². The smallest absolute Gasteiger partial charge is 0.416 e. The third-order valence-corrected chi connectivity index (χ3v) is 15.8. The number of aryl methyl sites for hydroxylation is 4. The van der Waals surface area contributed by atoms with Crippen molar-refractivity contribution < 1.29 is 45.4 Å². The van der Waals surface area contributed by atoms with Crippen LogP contribution in [-0.2, 0) is 42.0 Å². The van der Waals surface area contributed by atoms with E-state index < -0.39 is 60.0 Å². The van der Waals surface area contributed by atoms with Gasteiger partial charge in [0, 0.05) is 65.8 Å². The van der Waals surface area contributed by atoms with Crippen molar-refractivity contribution in [1.82, 2.24) is 29.5 Å². The monoisotopic (exact) mass is 1120 g/mol. The fourth-order valence-electron chi connectivity index (χ4n) is 11.7. The van der Waals surface area contributed by atoms with Crippen molar-refractivity contribution in [1.29, 1.82) is 0 Å². The Hall–Kier alpha value is -5.85. The van der Waals surface area contributed by atoms with Gasteiger partial charge in [-0.25, -0.2) is 19.6 Å². The molecule has 5 aromatic rings. The second-order valence-electron chi connectivity index (χ2n) is 20.9. The average Bonchev–Trinajstić information content (AvgIpc) is 3.98. The average molecular weight is 1120 g/mol. The molecule has 2 aliphatic heterocycles. The predicted octanol–water partition coefficient (Wildman–Crippen LogP) is 14.8. The summed E-state index contributed by atoms with van der Waals surface area (Å²) in [6.45, 7) is 15.1. The molecule has 19 heteroatoms. The fraction of sp³-hybridized carbons (Fsp3) is 0.526. The van der Waals surface area contributed by atoms with Crippen LogP contribution in [0.3, 0.4) is 0 Å². The van der Waals surface area contributed by atoms with Crippen LogP contribution in [0.5, 0.6) is 0 Å². The first-order valence-electron chi connectivity index (χ1n) is 26.5. The van der Waals surface area contributed by atoms with E-state index in [1.807, 2.05) is 50.8 Å². The minimum atomic E-state index is -4.49. The maximum Gasteiger partial charge on any atom is 0.416 e. The van der Waals surface area contributed by atoms with Gasteiger partial charge in [0.1, 0.15) is 23.8 Å². The molecule has 4 atom stereocenters. The summed E-state index contributed by atoms with van der Waals surface area (Å²) in [7, 11) is 1.89. The number of benzene rings is 2. The van der Waals surface area contributed by atoms with Crippen LogP contribution in [0.15, 0.2) is 71.5 Å². The van der Waals surface area contributed by atoms with E-state index in [0.29, 0.717) is 34.3 Å². The lowest BCUT2D eigenvalue weighted by molar-refractivity contribution is -0.138. The van der Waals surface area contributed by atoms with Crippen molar-refractivity contribution in [3.05, 3.63) is 122 Å². The summed E-state index contributed by atoms with van der Waals surface area (Å²) in [4.78, 5) is 43.7. The number of hydrogen-bond donors (Lipinski definition) is 0. The van der Waals surface area contributed by atoms with Crippen molar-refractivity contribution in [3.8, 4) is 11.3 Å². The molecule has 0 N–H and O–H groups in total. The van der Waals surface area contributed by atoms with E-state index in [4.69, 9.17) is 19.4 Å². The van der Waals surface area contributed by atoms with Gasteiger partial charge < -0.3 is 19.3 Å². The molecular weight excluding hydrogens is 1050 g/mol. The molecule has 2 aliphatic carbocycles. The Balaban J connectivity index is 0.000000204. The molecule has 5 heterocycles. The molecule has 0 radical (unpaired) electrons. The summed E-state index contributed by atoms with van der Waals surface area (Å²) >= 11 is 3.50. The number of alkyl halides is 6. The second kappa shape index (κ2) is 23.4. The van der Waals surface area contributed by atoms with Crippen LogP contribution in [0.4, 0.5) is 47.6 Å². The summed E-state index contributed by atoms with van der Waals surface area (Å²) < 4.78 is 94.8. The van der Waals surface area contributed by atoms with Crippen LogP contribution in [0.1, 0.15) is 154 Å². The van der Waals surface area contributed by atoms with Crippen molar-refractivity contribution >= 4 is 39.8 Å². The van der Waals surface area contributed by atoms with E-state index in [0.717, 1.165) is 107 Å². The first-order chi connectivity index (χ1) is 36.0. The van der Waals surface area contributed by atoms with Gasteiger partial charge in [-0.3, -0.25) is 14.5 Å². The highest BCUT2D eigenvalue weighted by molar-refractivity contribution is 9.10. The normalized spacial score (nSPS) is 20.6. The molecule has 0 unspecified atom stereocenters. The number of ether oxygens (including phenoxy) is 2. The Bertz CT molecular complexity index is 2870. The molecule has 2 saturated heterocycles. The summed E-state index contributed by atoms with van der Waals surface area (Å²) in [6.07, 6.45) is 3.64. The van der Waals surface area contributed by atoms with Crippen molar-refractivity contribution in [2.24, 2.45) is 7.05 Å². The Labute approximate surface area is 450 Å². The number of pyridine rings is 2. The molecular formula is C57H69BrF6N8O4. The molecule has 12 nitrogen and oxygen atoms in total. The third-order valence-electron chi connectivity index (χ3n) is 15.4. The lowest BCUT2D eigenvalue weighted by Gasteiger charge is -2.36. The Morgan fingerprint density at radius 1 is 0.618 bits per heavy atom. The van der Waals surface area contributed by atoms with Crippen LogP contribution in [0.2, 0.25) is 0 Å². The Kier molecular flexibility index (Phi) is 17.4. The Morgan fingerprint density at radius 2 is 1.05 bits per heavy atom. The van der Waals surface area contributed by atoms with Gasteiger partial charge in [0.15, 0.2) is 0 Å². The minimum Gasteiger partial charge on any atom is -0.439 e. The molecule has 9 rings (SSSR count). The largest absolute Gasteiger partial charge is 0.439 e. The third kappa shape index (κ3) is 12.6. The maximum atomic E-state index is 13.6. The SMILES string of the molecule is CCN(c1ncc(-c2cc(C)nn2C)cc1CN1C(=O)O[C@H](c2cc(C)cc(C(F)(F)F)c2)[C@@H]1C)C1CCCCC1.CCN(c1ncc(Br)cc1CN1C(=O)O[C@H](c2cc(C)cc(C(F)(F)F)c2)[C@@H]1C)C1CCCCC1. The number of rotatable bonds is 13. The second-order valence-corrected chi connectivity index (χ2v) is 21.8. The van der Waals surface area contributed by atoms with E-state index in [1.165, 1.54) is 38.5 Å². The number of cyclic esters (lactones) is 2. The zero-order chi connectivity index (χ0) is 54.8. The predicted molar refractivity (Wildman–Crippen MR) is 284 cm³/mol. The molecule has 0 bridgehead atoms. The molecule has 4 fully saturated rings. The number of halogens is 7. The molecule has 4 aliphatic rings. The van der Waals surface area contributed by atoms with Crippen LogP contribution in [0, 0.1) is 20.8 Å². The molecule has 76 heavy (non-hydrogen) atoms. The van der Waals surface area contributed by atoms with Gasteiger partial charge in [-0.2, -0.15) is 31.4 Å².